The van der Waals surface area contributed by atoms with Gasteiger partial charge in [-0.05, 0) is 50.0 Å². The molecule has 7 heteroatoms. The molecule has 1 saturated heterocycles. The Morgan fingerprint density at radius 3 is 2.56 bits per heavy atom. The van der Waals surface area contributed by atoms with Gasteiger partial charge >= 0.3 is 0 Å². The molecule has 0 unspecified atom stereocenters. The number of hydrogen-bond acceptors (Lipinski definition) is 4. The lowest BCUT2D eigenvalue weighted by molar-refractivity contribution is -0.134. The first-order chi connectivity index (χ1) is 15.4. The van der Waals surface area contributed by atoms with Gasteiger partial charge in [-0.3, -0.25) is 15.0 Å². The van der Waals surface area contributed by atoms with Crippen LogP contribution in [-0.4, -0.2) is 53.5 Å². The minimum Gasteiger partial charge on any atom is -0.339 e. The Morgan fingerprint density at radius 1 is 1.22 bits per heavy atom. The third kappa shape index (κ3) is 4.52. The van der Waals surface area contributed by atoms with Crippen LogP contribution in [0.1, 0.15) is 42.6 Å². The van der Waals surface area contributed by atoms with E-state index < -0.39 is 5.82 Å². The normalized spacial score (nSPS) is 19.3. The van der Waals surface area contributed by atoms with Gasteiger partial charge in [0.1, 0.15) is 5.82 Å². The highest BCUT2D eigenvalue weighted by atomic mass is 19.1. The van der Waals surface area contributed by atoms with Crippen molar-refractivity contribution in [3.05, 3.63) is 70.7 Å². The molecule has 0 atom stereocenters. The molecule has 1 aliphatic carbocycles. The molecule has 2 heterocycles. The van der Waals surface area contributed by atoms with Crippen LogP contribution in [0.2, 0.25) is 0 Å². The molecule has 2 aliphatic heterocycles. The Labute approximate surface area is 188 Å². The van der Waals surface area contributed by atoms with Crippen molar-refractivity contribution in [2.24, 2.45) is 11.0 Å². The summed E-state index contributed by atoms with van der Waals surface area (Å²) >= 11 is 0. The predicted octanol–water partition coefficient (Wildman–Crippen LogP) is 3.43. The summed E-state index contributed by atoms with van der Waals surface area (Å²) < 4.78 is 14.6. The van der Waals surface area contributed by atoms with E-state index in [4.69, 9.17) is 0 Å². The third-order valence-corrected chi connectivity index (χ3v) is 6.26. The van der Waals surface area contributed by atoms with Gasteiger partial charge in [0.05, 0.1) is 17.0 Å². The summed E-state index contributed by atoms with van der Waals surface area (Å²) in [6.07, 6.45) is 6.32. The number of halogens is 1. The molecule has 6 nitrogen and oxygen atoms in total. The van der Waals surface area contributed by atoms with Crippen LogP contribution in [0.5, 0.6) is 0 Å². The van der Waals surface area contributed by atoms with Gasteiger partial charge in [-0.2, -0.15) is 5.10 Å². The number of hydrogen-bond donors (Lipinski definition) is 1. The average Bonchev–Trinajstić information content (AvgIpc) is 3.64. The number of amides is 2. The second-order valence-electron chi connectivity index (χ2n) is 8.57. The van der Waals surface area contributed by atoms with Gasteiger partial charge in [0.15, 0.2) is 0 Å². The van der Waals surface area contributed by atoms with Crippen molar-refractivity contribution in [3.8, 4) is 0 Å². The molecule has 168 valence electrons. The lowest BCUT2D eigenvalue weighted by atomic mass is 9.95. The summed E-state index contributed by atoms with van der Waals surface area (Å²) in [4.78, 5) is 28.8. The summed E-state index contributed by atoms with van der Waals surface area (Å²) in [6, 6.07) is 4.65. The predicted molar refractivity (Wildman–Crippen MR) is 123 cm³/mol. The van der Waals surface area contributed by atoms with E-state index in [9.17, 15) is 14.0 Å². The molecule has 1 aromatic carbocycles. The third-order valence-electron chi connectivity index (χ3n) is 6.26. The number of nitrogens with zero attached hydrogens (tertiary/aromatic N) is 3. The second-order valence-corrected chi connectivity index (χ2v) is 8.57. The molecular formula is C25H29FN4O2. The van der Waals surface area contributed by atoms with Crippen LogP contribution in [0, 0.1) is 11.7 Å². The summed E-state index contributed by atoms with van der Waals surface area (Å²) in [7, 11) is 0. The molecule has 0 bridgehead atoms. The number of carbonyl (C=O) groups excluding carboxylic acids is 2. The van der Waals surface area contributed by atoms with Gasteiger partial charge in [0.2, 0.25) is 5.91 Å². The zero-order chi connectivity index (χ0) is 22.8. The van der Waals surface area contributed by atoms with Crippen molar-refractivity contribution >= 4 is 17.5 Å². The molecule has 3 aliphatic rings. The lowest BCUT2D eigenvalue weighted by Crippen LogP contribution is -2.51. The second kappa shape index (κ2) is 9.10. The summed E-state index contributed by atoms with van der Waals surface area (Å²) in [5, 5.41) is 4.42. The molecule has 4 rings (SSSR count). The summed E-state index contributed by atoms with van der Waals surface area (Å²) in [6.45, 7) is 9.74. The van der Waals surface area contributed by atoms with Crippen molar-refractivity contribution in [3.63, 3.8) is 0 Å². The van der Waals surface area contributed by atoms with Gasteiger partial charge in [0, 0.05) is 44.1 Å². The van der Waals surface area contributed by atoms with Crippen molar-refractivity contribution in [1.82, 2.24) is 15.2 Å². The lowest BCUT2D eigenvalue weighted by Gasteiger charge is -2.35. The quantitative estimate of drug-likeness (QED) is 0.769. The van der Waals surface area contributed by atoms with Crippen molar-refractivity contribution in [2.75, 3.05) is 26.2 Å². The Balaban J connectivity index is 1.47. The summed E-state index contributed by atoms with van der Waals surface area (Å²) in [5.41, 5.74) is 7.34. The molecule has 0 radical (unpaired) electrons. The van der Waals surface area contributed by atoms with E-state index >= 15 is 0 Å². The van der Waals surface area contributed by atoms with Crippen molar-refractivity contribution in [1.29, 1.82) is 0 Å². The van der Waals surface area contributed by atoms with Gasteiger partial charge in [-0.15, -0.1) is 0 Å². The van der Waals surface area contributed by atoms with Crippen molar-refractivity contribution < 1.29 is 14.0 Å². The van der Waals surface area contributed by atoms with E-state index in [0.29, 0.717) is 32.6 Å². The maximum absolute atomic E-state index is 14.6. The fraction of sp³-hybridized carbons (Fsp3) is 0.400. The fourth-order valence-corrected chi connectivity index (χ4v) is 4.11. The highest BCUT2D eigenvalue weighted by Gasteiger charge is 2.35. The molecule has 1 N–H and O–H groups in total. The molecule has 1 aromatic rings. The number of benzene rings is 1. The largest absolute Gasteiger partial charge is 0.339 e. The standard InChI is InChI=1S/C25H29FN4O2/c1-4-5-20-16(2)17(3)27-28-23(20)15-18-6-9-22(26)21(14-18)25(32)30-12-10-29(11-13-30)24(31)19-7-8-19/h4-6,9,14,19,27H,3,7-8,10-13,15H2,1-2H3/b5-4-. The first-order valence-electron chi connectivity index (χ1n) is 11.1. The number of rotatable bonds is 5. The molecule has 32 heavy (non-hydrogen) atoms. The number of piperazine rings is 1. The fourth-order valence-electron chi connectivity index (χ4n) is 4.11. The van der Waals surface area contributed by atoms with Gasteiger partial charge in [0.25, 0.3) is 5.91 Å². The zero-order valence-electron chi connectivity index (χ0n) is 18.7. The van der Waals surface area contributed by atoms with Crippen LogP contribution >= 0.6 is 0 Å². The van der Waals surface area contributed by atoms with Crippen molar-refractivity contribution in [2.45, 2.75) is 33.1 Å². The highest BCUT2D eigenvalue weighted by Crippen LogP contribution is 2.31. The molecule has 1 saturated carbocycles. The number of carbonyl (C=O) groups is 2. The first-order valence-corrected chi connectivity index (χ1v) is 11.1. The Hall–Kier alpha value is -3.22. The highest BCUT2D eigenvalue weighted by molar-refractivity contribution is 6.05. The number of hydrazone groups is 1. The zero-order valence-corrected chi connectivity index (χ0v) is 18.7. The topological polar surface area (TPSA) is 65.0 Å². The first kappa shape index (κ1) is 22.0. The van der Waals surface area contributed by atoms with Gasteiger partial charge in [-0.1, -0.05) is 24.8 Å². The minimum atomic E-state index is -0.535. The van der Waals surface area contributed by atoms with Crippen LogP contribution in [0.15, 0.2) is 58.9 Å². The molecule has 0 aromatic heterocycles. The molecule has 0 spiro atoms. The Kier molecular flexibility index (Phi) is 6.26. The SMILES string of the molecule is C=C1NN=C(Cc2ccc(F)c(C(=O)N3CCN(C(=O)C4CC4)CC3)c2)C(/C=C\C)=C1C. The van der Waals surface area contributed by atoms with Gasteiger partial charge < -0.3 is 9.80 Å². The van der Waals surface area contributed by atoms with E-state index in [2.05, 4.69) is 17.1 Å². The Morgan fingerprint density at radius 2 is 1.91 bits per heavy atom. The maximum atomic E-state index is 14.6. The average molecular weight is 437 g/mol. The van der Waals surface area contributed by atoms with E-state index in [1.165, 1.54) is 6.07 Å². The van der Waals surface area contributed by atoms with E-state index in [-0.39, 0.29) is 23.3 Å². The van der Waals surface area contributed by atoms with Crippen LogP contribution in [0.25, 0.3) is 0 Å². The maximum Gasteiger partial charge on any atom is 0.256 e. The van der Waals surface area contributed by atoms with Crippen LogP contribution < -0.4 is 5.43 Å². The Bertz CT molecular complexity index is 1040. The van der Waals surface area contributed by atoms with Gasteiger partial charge in [-0.25, -0.2) is 4.39 Å². The molecular weight excluding hydrogens is 407 g/mol. The molecule has 2 fully saturated rings. The summed E-state index contributed by atoms with van der Waals surface area (Å²) in [5.74, 6) is -0.506. The monoisotopic (exact) mass is 436 g/mol. The minimum absolute atomic E-state index is 0.0616. The van der Waals surface area contributed by atoms with Crippen LogP contribution in [-0.2, 0) is 11.2 Å². The van der Waals surface area contributed by atoms with E-state index in [0.717, 1.165) is 41.0 Å². The molecule has 2 amide bonds. The van der Waals surface area contributed by atoms with Crippen LogP contribution in [0.3, 0.4) is 0 Å². The van der Waals surface area contributed by atoms with Crippen LogP contribution in [0.4, 0.5) is 4.39 Å². The smallest absolute Gasteiger partial charge is 0.256 e. The van der Waals surface area contributed by atoms with E-state index in [1.807, 2.05) is 30.9 Å². The number of nitrogens with one attached hydrogen (secondary N) is 1. The number of allylic oxidation sites excluding steroid dienone is 4. The van der Waals surface area contributed by atoms with E-state index in [1.54, 1.807) is 17.0 Å².